The van der Waals surface area contributed by atoms with Crippen LogP contribution in [0.15, 0.2) is 12.7 Å². The van der Waals surface area contributed by atoms with Gasteiger partial charge in [0, 0.05) is 5.75 Å². The lowest BCUT2D eigenvalue weighted by Crippen LogP contribution is -1.82. The second-order valence-corrected chi connectivity index (χ2v) is 5.61. The van der Waals surface area contributed by atoms with Crippen LogP contribution in [-0.2, 0) is 0 Å². The number of unbranched alkanes of at least 4 members (excludes halogenated alkanes) is 11. The van der Waals surface area contributed by atoms with Crippen LogP contribution in [0.1, 0.15) is 77.0 Å². The van der Waals surface area contributed by atoms with Gasteiger partial charge in [0.15, 0.2) is 0 Å². The zero-order chi connectivity index (χ0) is 12.6. The van der Waals surface area contributed by atoms with Gasteiger partial charge in [0.1, 0.15) is 0 Å². The van der Waals surface area contributed by atoms with Crippen molar-refractivity contribution in [2.45, 2.75) is 77.0 Å². The molecule has 0 saturated carbocycles. The van der Waals surface area contributed by atoms with Crippen LogP contribution < -0.4 is 0 Å². The third-order valence-electron chi connectivity index (χ3n) is 3.15. The number of hydrogen-bond donors (Lipinski definition) is 0. The monoisotopic (exact) mass is 255 g/mol. The summed E-state index contributed by atoms with van der Waals surface area (Å²) in [6.07, 6.45) is 20.9. The summed E-state index contributed by atoms with van der Waals surface area (Å²) in [5.74, 6) is 2.32. The van der Waals surface area contributed by atoms with E-state index in [0.717, 1.165) is 0 Å². The predicted molar refractivity (Wildman–Crippen MR) is 83.4 cm³/mol. The molecule has 1 heteroatoms. The van der Waals surface area contributed by atoms with Gasteiger partial charge in [-0.3, -0.25) is 0 Å². The van der Waals surface area contributed by atoms with Gasteiger partial charge in [0.2, 0.25) is 0 Å². The summed E-state index contributed by atoms with van der Waals surface area (Å²) in [5.41, 5.74) is 0. The highest BCUT2D eigenvalue weighted by atomic mass is 32.2. The molecule has 0 rings (SSSR count). The molecule has 0 aliphatic carbocycles. The van der Waals surface area contributed by atoms with Crippen molar-refractivity contribution in [3.8, 4) is 0 Å². The molecule has 0 bridgehead atoms. The molecule has 0 atom stereocenters. The van der Waals surface area contributed by atoms with Crippen molar-refractivity contribution in [2.75, 3.05) is 6.26 Å². The topological polar surface area (TPSA) is 0 Å². The molecule has 0 saturated heterocycles. The predicted octanol–water partition coefficient (Wildman–Crippen LogP) is 6.38. The minimum Gasteiger partial charge on any atom is -0.161 e. The Hall–Kier alpha value is 0.0900. The second-order valence-electron chi connectivity index (χ2n) is 4.80. The lowest BCUT2D eigenvalue weighted by Gasteiger charge is -2.02. The number of rotatable bonds is 14. The highest BCUT2D eigenvalue weighted by Gasteiger charge is 1.93. The van der Waals surface area contributed by atoms with Crippen LogP contribution in [-0.4, -0.2) is 6.26 Å². The molecule has 0 amide bonds. The first-order valence-electron chi connectivity index (χ1n) is 7.37. The largest absolute Gasteiger partial charge is 0.161 e. The molecule has 0 spiro atoms. The Bertz CT molecular complexity index is 142. The lowest BCUT2D eigenvalue weighted by atomic mass is 10.1. The van der Waals surface area contributed by atoms with Crippen LogP contribution in [0.3, 0.4) is 0 Å². The van der Waals surface area contributed by atoms with Crippen LogP contribution in [0.4, 0.5) is 0 Å². The van der Waals surface area contributed by atoms with E-state index in [1.54, 1.807) is 0 Å². The van der Waals surface area contributed by atoms with Crippen molar-refractivity contribution in [2.24, 2.45) is 0 Å². The molecule has 0 nitrogen and oxygen atoms in total. The fourth-order valence-electron chi connectivity index (χ4n) is 2.05. The first kappa shape index (κ1) is 17.1. The van der Waals surface area contributed by atoms with E-state index in [4.69, 9.17) is 0 Å². The smallest absolute Gasteiger partial charge is 0.0163 e. The normalized spacial score (nSPS) is 10.6. The fourth-order valence-corrected chi connectivity index (χ4v) is 2.45. The van der Waals surface area contributed by atoms with Gasteiger partial charge >= 0.3 is 0 Å². The van der Waals surface area contributed by atoms with E-state index in [9.17, 15) is 0 Å². The molecule has 0 aromatic carbocycles. The summed E-state index contributed by atoms with van der Waals surface area (Å²) < 4.78 is 0. The Labute approximate surface area is 114 Å². The van der Waals surface area contributed by atoms with E-state index >= 15 is 0 Å². The van der Waals surface area contributed by atoms with Crippen LogP contribution in [0.5, 0.6) is 0 Å². The van der Waals surface area contributed by atoms with E-state index in [2.05, 4.69) is 18.6 Å². The molecule has 0 fully saturated rings. The minimum atomic E-state index is 1.20. The highest BCUT2D eigenvalue weighted by Crippen LogP contribution is 2.13. The number of allylic oxidation sites excluding steroid dienone is 1. The van der Waals surface area contributed by atoms with Crippen molar-refractivity contribution in [1.29, 1.82) is 0 Å². The molecule has 0 aliphatic heterocycles. The molecular formula is C16H31S. The van der Waals surface area contributed by atoms with Gasteiger partial charge in [0.05, 0.1) is 0 Å². The maximum absolute atomic E-state index is 3.75. The molecule has 0 N–H and O–H groups in total. The van der Waals surface area contributed by atoms with Gasteiger partial charge in [-0.15, -0.1) is 6.58 Å². The van der Waals surface area contributed by atoms with Gasteiger partial charge in [-0.1, -0.05) is 63.9 Å². The van der Waals surface area contributed by atoms with Gasteiger partial charge in [-0.05, 0) is 25.5 Å². The van der Waals surface area contributed by atoms with Crippen molar-refractivity contribution < 1.29 is 0 Å². The highest BCUT2D eigenvalue weighted by molar-refractivity contribution is 8.00. The van der Waals surface area contributed by atoms with Gasteiger partial charge in [-0.25, -0.2) is 0 Å². The quantitative estimate of drug-likeness (QED) is 0.256. The van der Waals surface area contributed by atoms with Crippen molar-refractivity contribution in [1.82, 2.24) is 0 Å². The van der Waals surface area contributed by atoms with Gasteiger partial charge < -0.3 is 0 Å². The van der Waals surface area contributed by atoms with Crippen LogP contribution in [0, 0.1) is 5.75 Å². The SMILES string of the molecule is C=CCCCCCCCCCCCC[CH]SC. The molecule has 101 valence electrons. The van der Waals surface area contributed by atoms with E-state index in [1.165, 1.54) is 77.0 Å². The zero-order valence-corrected chi connectivity index (χ0v) is 12.6. The van der Waals surface area contributed by atoms with Crippen LogP contribution in [0.2, 0.25) is 0 Å². The summed E-state index contributed by atoms with van der Waals surface area (Å²) in [5, 5.41) is 0. The molecule has 0 aromatic rings. The van der Waals surface area contributed by atoms with E-state index in [-0.39, 0.29) is 0 Å². The second kappa shape index (κ2) is 16.1. The first-order valence-corrected chi connectivity index (χ1v) is 8.66. The van der Waals surface area contributed by atoms with E-state index < -0.39 is 0 Å². The number of hydrogen-bond acceptors (Lipinski definition) is 1. The summed E-state index contributed by atoms with van der Waals surface area (Å²) in [4.78, 5) is 0. The molecule has 0 aromatic heterocycles. The standard InChI is InChI=1S/C16H31S/c1-3-4-5-6-7-8-9-10-11-12-13-14-15-16-17-2/h3,16H,1,4-15H2,2H3. The molecule has 1 radical (unpaired) electrons. The summed E-state index contributed by atoms with van der Waals surface area (Å²) >= 11 is 1.85. The van der Waals surface area contributed by atoms with E-state index in [0.29, 0.717) is 0 Å². The maximum Gasteiger partial charge on any atom is 0.0163 e. The summed E-state index contributed by atoms with van der Waals surface area (Å²) in [7, 11) is 0. The Morgan fingerprint density at radius 3 is 1.53 bits per heavy atom. The van der Waals surface area contributed by atoms with E-state index in [1.807, 2.05) is 17.8 Å². The van der Waals surface area contributed by atoms with Gasteiger partial charge in [0.25, 0.3) is 0 Å². The molecule has 0 unspecified atom stereocenters. The lowest BCUT2D eigenvalue weighted by molar-refractivity contribution is 0.553. The average Bonchev–Trinajstić information content (AvgIpc) is 2.35. The number of thioether (sulfide) groups is 1. The zero-order valence-electron chi connectivity index (χ0n) is 11.8. The van der Waals surface area contributed by atoms with Crippen molar-refractivity contribution in [3.05, 3.63) is 18.4 Å². The summed E-state index contributed by atoms with van der Waals surface area (Å²) in [6, 6.07) is 0. The third-order valence-corrected chi connectivity index (χ3v) is 3.72. The Morgan fingerprint density at radius 1 is 0.706 bits per heavy atom. The Kier molecular flexibility index (Phi) is 16.2. The molecule has 0 heterocycles. The fraction of sp³-hybridized carbons (Fsp3) is 0.812. The molecular weight excluding hydrogens is 224 g/mol. The van der Waals surface area contributed by atoms with Crippen molar-refractivity contribution >= 4 is 11.8 Å². The molecule has 17 heavy (non-hydrogen) atoms. The van der Waals surface area contributed by atoms with Crippen LogP contribution in [0.25, 0.3) is 0 Å². The first-order chi connectivity index (χ1) is 8.41. The third kappa shape index (κ3) is 16.1. The Balaban J connectivity index is 2.87. The minimum absolute atomic E-state index is 1.20. The average molecular weight is 255 g/mol. The Morgan fingerprint density at radius 2 is 1.12 bits per heavy atom. The summed E-state index contributed by atoms with van der Waals surface area (Å²) in [6.45, 7) is 3.75. The van der Waals surface area contributed by atoms with Crippen molar-refractivity contribution in [3.63, 3.8) is 0 Å². The van der Waals surface area contributed by atoms with Crippen LogP contribution >= 0.6 is 11.8 Å². The molecule has 0 aliphatic rings. The maximum atomic E-state index is 3.75. The van der Waals surface area contributed by atoms with Gasteiger partial charge in [-0.2, -0.15) is 11.8 Å².